The highest BCUT2D eigenvalue weighted by Crippen LogP contribution is 2.25. The van der Waals surface area contributed by atoms with Crippen LogP contribution in [0, 0.1) is 0 Å². The van der Waals surface area contributed by atoms with Gasteiger partial charge in [-0.15, -0.1) is 0 Å². The van der Waals surface area contributed by atoms with E-state index in [0.29, 0.717) is 6.04 Å². The van der Waals surface area contributed by atoms with E-state index in [1.165, 1.54) is 22.5 Å². The number of rotatable bonds is 5. The highest BCUT2D eigenvalue weighted by Gasteiger charge is 2.20. The molecule has 2 aromatic rings. The maximum atomic E-state index is 3.67. The van der Waals surface area contributed by atoms with Gasteiger partial charge in [-0.1, -0.05) is 24.3 Å². The molecule has 3 rings (SSSR count). The van der Waals surface area contributed by atoms with E-state index in [-0.39, 0.29) is 0 Å². The van der Waals surface area contributed by atoms with Crippen LogP contribution in [0.3, 0.4) is 0 Å². The van der Waals surface area contributed by atoms with Crippen molar-refractivity contribution in [2.45, 2.75) is 32.7 Å². The summed E-state index contributed by atoms with van der Waals surface area (Å²) in [5, 5.41) is 3.67. The molecular formula is C19H24N2. The summed E-state index contributed by atoms with van der Waals surface area (Å²) in [6.07, 6.45) is 2.27. The summed E-state index contributed by atoms with van der Waals surface area (Å²) in [6, 6.07) is 18.2. The fourth-order valence-electron chi connectivity index (χ4n) is 3.25. The van der Waals surface area contributed by atoms with Gasteiger partial charge in [-0.2, -0.15) is 0 Å². The van der Waals surface area contributed by atoms with Crippen LogP contribution in [-0.4, -0.2) is 19.1 Å². The molecular weight excluding hydrogens is 256 g/mol. The van der Waals surface area contributed by atoms with Crippen molar-refractivity contribution in [2.75, 3.05) is 23.3 Å². The van der Waals surface area contributed by atoms with Crippen LogP contribution in [0.25, 0.3) is 0 Å². The van der Waals surface area contributed by atoms with Gasteiger partial charge in [-0.05, 0) is 62.1 Å². The van der Waals surface area contributed by atoms with Gasteiger partial charge in [0.2, 0.25) is 0 Å². The van der Waals surface area contributed by atoms with Crippen molar-refractivity contribution < 1.29 is 0 Å². The topological polar surface area (TPSA) is 15.3 Å². The highest BCUT2D eigenvalue weighted by molar-refractivity contribution is 5.56. The van der Waals surface area contributed by atoms with E-state index >= 15 is 0 Å². The molecule has 110 valence electrons. The lowest BCUT2D eigenvalue weighted by Gasteiger charge is -2.21. The molecule has 2 heteroatoms. The molecule has 0 spiro atoms. The van der Waals surface area contributed by atoms with Gasteiger partial charge in [-0.25, -0.2) is 0 Å². The summed E-state index contributed by atoms with van der Waals surface area (Å²) in [5.41, 5.74) is 5.52. The van der Waals surface area contributed by atoms with Crippen molar-refractivity contribution in [1.29, 1.82) is 0 Å². The van der Waals surface area contributed by atoms with Crippen LogP contribution >= 0.6 is 0 Å². The van der Waals surface area contributed by atoms with Gasteiger partial charge < -0.3 is 10.2 Å². The average molecular weight is 280 g/mol. The third kappa shape index (κ3) is 3.05. The summed E-state index contributed by atoms with van der Waals surface area (Å²) < 4.78 is 0. The third-order valence-corrected chi connectivity index (χ3v) is 4.42. The molecule has 0 aliphatic heterocycles. The first-order valence-corrected chi connectivity index (χ1v) is 7.98. The zero-order chi connectivity index (χ0) is 14.7. The Balaban J connectivity index is 1.64. The first-order chi connectivity index (χ1) is 10.3. The molecule has 0 bridgehead atoms. The molecule has 0 fully saturated rings. The maximum absolute atomic E-state index is 3.67. The normalized spacial score (nSPS) is 14.0. The Labute approximate surface area is 127 Å². The Morgan fingerprint density at radius 2 is 1.48 bits per heavy atom. The van der Waals surface area contributed by atoms with Crippen LogP contribution in [0.5, 0.6) is 0 Å². The van der Waals surface area contributed by atoms with Crippen LogP contribution in [0.1, 0.15) is 25.0 Å². The average Bonchev–Trinajstić information content (AvgIpc) is 2.92. The number of hydrogen-bond acceptors (Lipinski definition) is 2. The quantitative estimate of drug-likeness (QED) is 0.886. The van der Waals surface area contributed by atoms with Gasteiger partial charge in [0.15, 0.2) is 0 Å². The van der Waals surface area contributed by atoms with E-state index < -0.39 is 0 Å². The first kappa shape index (κ1) is 14.0. The van der Waals surface area contributed by atoms with Gasteiger partial charge in [0, 0.05) is 30.5 Å². The van der Waals surface area contributed by atoms with Gasteiger partial charge in [-0.3, -0.25) is 0 Å². The van der Waals surface area contributed by atoms with Crippen LogP contribution in [-0.2, 0) is 12.8 Å². The Kier molecular flexibility index (Phi) is 4.14. The lowest BCUT2D eigenvalue weighted by atomic mass is 10.1. The molecule has 0 saturated carbocycles. The number of benzene rings is 2. The van der Waals surface area contributed by atoms with Gasteiger partial charge in [0.05, 0.1) is 0 Å². The molecule has 1 aliphatic rings. The van der Waals surface area contributed by atoms with Crippen LogP contribution in [0.4, 0.5) is 11.4 Å². The molecule has 2 aromatic carbocycles. The van der Waals surface area contributed by atoms with E-state index in [2.05, 4.69) is 72.6 Å². The summed E-state index contributed by atoms with van der Waals surface area (Å²) >= 11 is 0. The van der Waals surface area contributed by atoms with Gasteiger partial charge in [0.1, 0.15) is 0 Å². The fourth-order valence-corrected chi connectivity index (χ4v) is 3.25. The Morgan fingerprint density at radius 1 is 0.905 bits per heavy atom. The Hall–Kier alpha value is -1.96. The molecule has 0 atom stereocenters. The molecule has 1 aliphatic carbocycles. The molecule has 0 amide bonds. The third-order valence-electron chi connectivity index (χ3n) is 4.42. The van der Waals surface area contributed by atoms with Crippen molar-refractivity contribution in [2.24, 2.45) is 0 Å². The molecule has 2 nitrogen and oxygen atoms in total. The van der Waals surface area contributed by atoms with Gasteiger partial charge >= 0.3 is 0 Å². The SMILES string of the molecule is CCN(CC)c1ccc(NC2Cc3ccccc3C2)cc1. The van der Waals surface area contributed by atoms with Crippen molar-refractivity contribution >= 4 is 11.4 Å². The Bertz CT molecular complexity index is 560. The second-order valence-electron chi connectivity index (χ2n) is 5.74. The Morgan fingerprint density at radius 3 is 2.00 bits per heavy atom. The molecule has 1 N–H and O–H groups in total. The van der Waals surface area contributed by atoms with Crippen LogP contribution < -0.4 is 10.2 Å². The minimum absolute atomic E-state index is 0.529. The van der Waals surface area contributed by atoms with Crippen molar-refractivity contribution in [3.8, 4) is 0 Å². The monoisotopic (exact) mass is 280 g/mol. The van der Waals surface area contributed by atoms with E-state index in [9.17, 15) is 0 Å². The number of hydrogen-bond donors (Lipinski definition) is 1. The van der Waals surface area contributed by atoms with Crippen molar-refractivity contribution in [3.63, 3.8) is 0 Å². The second-order valence-corrected chi connectivity index (χ2v) is 5.74. The predicted octanol–water partition coefficient (Wildman–Crippen LogP) is 4.11. The molecule has 0 aromatic heterocycles. The smallest absolute Gasteiger partial charge is 0.0367 e. The zero-order valence-corrected chi connectivity index (χ0v) is 13.0. The molecule has 0 saturated heterocycles. The number of nitrogens with zero attached hydrogens (tertiary/aromatic N) is 1. The largest absolute Gasteiger partial charge is 0.382 e. The summed E-state index contributed by atoms with van der Waals surface area (Å²) in [5.74, 6) is 0. The molecule has 0 radical (unpaired) electrons. The minimum atomic E-state index is 0.529. The maximum Gasteiger partial charge on any atom is 0.0367 e. The van der Waals surface area contributed by atoms with E-state index in [1.54, 1.807) is 0 Å². The number of fused-ring (bicyclic) bond motifs is 1. The minimum Gasteiger partial charge on any atom is -0.382 e. The molecule has 0 unspecified atom stereocenters. The van der Waals surface area contributed by atoms with Crippen molar-refractivity contribution in [1.82, 2.24) is 0 Å². The standard InChI is InChI=1S/C19H24N2/c1-3-21(4-2)19-11-9-17(10-12-19)20-18-13-15-7-5-6-8-16(15)14-18/h5-12,18,20H,3-4,13-14H2,1-2H3. The number of anilines is 2. The van der Waals surface area contributed by atoms with Crippen LogP contribution in [0.2, 0.25) is 0 Å². The summed E-state index contributed by atoms with van der Waals surface area (Å²) in [6.45, 7) is 6.51. The molecule has 21 heavy (non-hydrogen) atoms. The molecule has 0 heterocycles. The second kappa shape index (κ2) is 6.21. The first-order valence-electron chi connectivity index (χ1n) is 7.98. The van der Waals surface area contributed by atoms with E-state index in [4.69, 9.17) is 0 Å². The predicted molar refractivity (Wildman–Crippen MR) is 91.3 cm³/mol. The summed E-state index contributed by atoms with van der Waals surface area (Å²) in [7, 11) is 0. The summed E-state index contributed by atoms with van der Waals surface area (Å²) in [4.78, 5) is 2.37. The van der Waals surface area contributed by atoms with Gasteiger partial charge in [0.25, 0.3) is 0 Å². The zero-order valence-electron chi connectivity index (χ0n) is 13.0. The highest BCUT2D eigenvalue weighted by atomic mass is 15.1. The fraction of sp³-hybridized carbons (Fsp3) is 0.368. The number of nitrogens with one attached hydrogen (secondary N) is 1. The lowest BCUT2D eigenvalue weighted by molar-refractivity contribution is 0.774. The van der Waals surface area contributed by atoms with Crippen LogP contribution in [0.15, 0.2) is 48.5 Å². The lowest BCUT2D eigenvalue weighted by Crippen LogP contribution is -2.22. The van der Waals surface area contributed by atoms with Crippen molar-refractivity contribution in [3.05, 3.63) is 59.7 Å². The van der Waals surface area contributed by atoms with E-state index in [1.807, 2.05) is 0 Å². The van der Waals surface area contributed by atoms with E-state index in [0.717, 1.165) is 25.9 Å².